The third-order valence-electron chi connectivity index (χ3n) is 4.03. The monoisotopic (exact) mass is 413 g/mol. The van der Waals surface area contributed by atoms with Crippen molar-refractivity contribution in [3.63, 3.8) is 0 Å². The second-order valence-corrected chi connectivity index (χ2v) is 6.56. The van der Waals surface area contributed by atoms with Gasteiger partial charge in [-0.2, -0.15) is 13.2 Å². The van der Waals surface area contributed by atoms with Crippen LogP contribution < -0.4 is 10.6 Å². The normalized spacial score (nSPS) is 11.9. The lowest BCUT2D eigenvalue weighted by Crippen LogP contribution is -2.20. The molecule has 2 aromatic rings. The van der Waals surface area contributed by atoms with E-state index in [-0.39, 0.29) is 29.4 Å². The summed E-state index contributed by atoms with van der Waals surface area (Å²) >= 11 is 0. The second kappa shape index (κ2) is 9.02. The van der Waals surface area contributed by atoms with Gasteiger partial charge in [0.2, 0.25) is 5.91 Å². The fourth-order valence-electron chi connectivity index (χ4n) is 2.63. The molecule has 0 aliphatic carbocycles. The minimum Gasteiger partial charge on any atom is -0.383 e. The molecule has 1 heterocycles. The maximum absolute atomic E-state index is 13.7. The van der Waals surface area contributed by atoms with E-state index < -0.39 is 29.4 Å². The number of anilines is 1. The summed E-state index contributed by atoms with van der Waals surface area (Å²) in [5, 5.41) is 4.86. The van der Waals surface area contributed by atoms with Crippen molar-refractivity contribution in [3.8, 4) is 0 Å². The van der Waals surface area contributed by atoms with E-state index in [2.05, 4.69) is 15.6 Å². The maximum atomic E-state index is 13.7. The molecule has 4 nitrogen and oxygen atoms in total. The zero-order chi connectivity index (χ0) is 21.8. The number of halogens is 5. The molecule has 1 amide bonds. The number of amides is 1. The average molecular weight is 413 g/mol. The lowest BCUT2D eigenvalue weighted by molar-refractivity contribution is -0.141. The summed E-state index contributed by atoms with van der Waals surface area (Å²) < 4.78 is 66.0. The van der Waals surface area contributed by atoms with E-state index in [1.54, 1.807) is 13.8 Å². The van der Waals surface area contributed by atoms with E-state index in [0.717, 1.165) is 24.3 Å². The van der Waals surface area contributed by atoms with Crippen molar-refractivity contribution in [2.24, 2.45) is 0 Å². The molecule has 29 heavy (non-hydrogen) atoms. The van der Waals surface area contributed by atoms with Gasteiger partial charge in [-0.15, -0.1) is 0 Å². The Balaban J connectivity index is 2.11. The highest BCUT2D eigenvalue weighted by molar-refractivity contribution is 5.91. The molecule has 0 saturated heterocycles. The highest BCUT2D eigenvalue weighted by Gasteiger charge is 2.33. The first kappa shape index (κ1) is 22.3. The Morgan fingerprint density at radius 1 is 1.17 bits per heavy atom. The van der Waals surface area contributed by atoms with Crippen LogP contribution in [0.5, 0.6) is 0 Å². The van der Waals surface area contributed by atoms with Crippen molar-refractivity contribution in [2.75, 3.05) is 12.4 Å². The topological polar surface area (TPSA) is 54.0 Å². The van der Waals surface area contributed by atoms with Crippen LogP contribution >= 0.6 is 0 Å². The van der Waals surface area contributed by atoms with Gasteiger partial charge in [0.05, 0.1) is 5.69 Å². The van der Waals surface area contributed by atoms with Crippen LogP contribution in [0, 0.1) is 11.6 Å². The smallest absolute Gasteiger partial charge is 0.383 e. The lowest BCUT2D eigenvalue weighted by atomic mass is 10.0. The first-order chi connectivity index (χ1) is 13.5. The Hall–Kier alpha value is -2.97. The van der Waals surface area contributed by atoms with Gasteiger partial charge in [-0.05, 0) is 41.3 Å². The standard InChI is InChI=1S/C20H20F5N3O/c1-11(2)18-13(4-6-16(28-18)20(23,24)25)5-7-17(29)27-10-12-8-14(21)19(26-3)15(22)9-12/h4-9,11,26H,10H2,1-3H3,(H,27,29)/b7-5+. The van der Waals surface area contributed by atoms with Gasteiger partial charge in [-0.3, -0.25) is 4.79 Å². The predicted molar refractivity (Wildman–Crippen MR) is 100 cm³/mol. The molecule has 0 unspecified atom stereocenters. The molecule has 0 saturated carbocycles. The summed E-state index contributed by atoms with van der Waals surface area (Å²) in [6, 6.07) is 4.28. The van der Waals surface area contributed by atoms with Gasteiger partial charge in [-0.1, -0.05) is 19.9 Å². The van der Waals surface area contributed by atoms with Gasteiger partial charge in [0.25, 0.3) is 0 Å². The number of carbonyl (C=O) groups excluding carboxylic acids is 1. The van der Waals surface area contributed by atoms with Gasteiger partial charge in [0.1, 0.15) is 23.0 Å². The lowest BCUT2D eigenvalue weighted by Gasteiger charge is -2.13. The SMILES string of the molecule is CNc1c(F)cc(CNC(=O)/C=C/c2ccc(C(F)(F)F)nc2C(C)C)cc1F. The molecule has 2 rings (SSSR count). The third kappa shape index (κ3) is 5.75. The molecule has 9 heteroatoms. The minimum atomic E-state index is -4.56. The Bertz CT molecular complexity index is 900. The van der Waals surface area contributed by atoms with Gasteiger partial charge >= 0.3 is 6.18 Å². The second-order valence-electron chi connectivity index (χ2n) is 6.56. The summed E-state index contributed by atoms with van der Waals surface area (Å²) in [4.78, 5) is 15.6. The molecule has 0 atom stereocenters. The van der Waals surface area contributed by atoms with E-state index in [1.807, 2.05) is 0 Å². The van der Waals surface area contributed by atoms with E-state index >= 15 is 0 Å². The number of nitrogens with zero attached hydrogens (tertiary/aromatic N) is 1. The van der Waals surface area contributed by atoms with E-state index in [0.29, 0.717) is 5.56 Å². The first-order valence-electron chi connectivity index (χ1n) is 8.72. The highest BCUT2D eigenvalue weighted by Crippen LogP contribution is 2.30. The van der Waals surface area contributed by atoms with Crippen LogP contribution in [0.2, 0.25) is 0 Å². The molecular weight excluding hydrogens is 393 g/mol. The summed E-state index contributed by atoms with van der Waals surface area (Å²) in [6.45, 7) is 3.26. The summed E-state index contributed by atoms with van der Waals surface area (Å²) in [5.74, 6) is -2.44. The molecule has 156 valence electrons. The zero-order valence-corrected chi connectivity index (χ0v) is 16.0. The molecule has 0 aliphatic rings. The predicted octanol–water partition coefficient (Wildman–Crippen LogP) is 4.87. The Morgan fingerprint density at radius 3 is 2.31 bits per heavy atom. The summed E-state index contributed by atoms with van der Waals surface area (Å²) in [7, 11) is 1.38. The van der Waals surface area contributed by atoms with Crippen molar-refractivity contribution in [1.82, 2.24) is 10.3 Å². The number of hydrogen-bond acceptors (Lipinski definition) is 3. The quantitative estimate of drug-likeness (QED) is 0.525. The number of carbonyl (C=O) groups is 1. The Morgan fingerprint density at radius 2 is 1.79 bits per heavy atom. The minimum absolute atomic E-state index is 0.122. The van der Waals surface area contributed by atoms with Crippen LogP contribution in [0.1, 0.15) is 42.3 Å². The van der Waals surface area contributed by atoms with Crippen molar-refractivity contribution in [3.05, 3.63) is 64.5 Å². The van der Waals surface area contributed by atoms with Crippen molar-refractivity contribution < 1.29 is 26.7 Å². The average Bonchev–Trinajstić information content (AvgIpc) is 2.63. The number of hydrogen-bond donors (Lipinski definition) is 2. The highest BCUT2D eigenvalue weighted by atomic mass is 19.4. The van der Waals surface area contributed by atoms with Crippen LogP contribution in [0.25, 0.3) is 6.08 Å². The van der Waals surface area contributed by atoms with Crippen LogP contribution in [-0.4, -0.2) is 17.9 Å². The summed E-state index contributed by atoms with van der Waals surface area (Å²) in [6.07, 6.45) is -2.08. The molecule has 1 aromatic carbocycles. The zero-order valence-electron chi connectivity index (χ0n) is 16.0. The molecule has 1 aromatic heterocycles. The number of pyridine rings is 1. The first-order valence-corrected chi connectivity index (χ1v) is 8.72. The number of benzene rings is 1. The number of alkyl halides is 3. The number of rotatable bonds is 6. The van der Waals surface area contributed by atoms with E-state index in [4.69, 9.17) is 0 Å². The van der Waals surface area contributed by atoms with Crippen molar-refractivity contribution >= 4 is 17.7 Å². The van der Waals surface area contributed by atoms with E-state index in [1.165, 1.54) is 19.2 Å². The van der Waals surface area contributed by atoms with Gasteiger partial charge < -0.3 is 10.6 Å². The molecule has 2 N–H and O–H groups in total. The van der Waals surface area contributed by atoms with Crippen LogP contribution in [-0.2, 0) is 17.5 Å². The maximum Gasteiger partial charge on any atom is 0.433 e. The fourth-order valence-corrected chi connectivity index (χ4v) is 2.63. The van der Waals surface area contributed by atoms with Gasteiger partial charge in [0.15, 0.2) is 0 Å². The fraction of sp³-hybridized carbons (Fsp3) is 0.300. The molecule has 0 aliphatic heterocycles. The molecular formula is C20H20F5N3O. The molecule has 0 radical (unpaired) electrons. The Labute approximate surface area is 164 Å². The van der Waals surface area contributed by atoms with Gasteiger partial charge in [0, 0.05) is 19.7 Å². The van der Waals surface area contributed by atoms with Gasteiger partial charge in [-0.25, -0.2) is 13.8 Å². The number of nitrogens with one attached hydrogen (secondary N) is 2. The van der Waals surface area contributed by atoms with Crippen molar-refractivity contribution in [2.45, 2.75) is 32.5 Å². The van der Waals surface area contributed by atoms with Crippen LogP contribution in [0.3, 0.4) is 0 Å². The number of aromatic nitrogens is 1. The summed E-state index contributed by atoms with van der Waals surface area (Å²) in [5.41, 5.74) is -0.470. The van der Waals surface area contributed by atoms with Crippen molar-refractivity contribution in [1.29, 1.82) is 0 Å². The Kier molecular flexibility index (Phi) is 6.94. The van der Waals surface area contributed by atoms with Crippen LogP contribution in [0.4, 0.5) is 27.6 Å². The molecule has 0 bridgehead atoms. The third-order valence-corrected chi connectivity index (χ3v) is 4.03. The molecule has 0 spiro atoms. The largest absolute Gasteiger partial charge is 0.433 e. The van der Waals surface area contributed by atoms with E-state index in [9.17, 15) is 26.7 Å². The van der Waals surface area contributed by atoms with Crippen LogP contribution in [0.15, 0.2) is 30.3 Å². The molecule has 0 fully saturated rings.